The van der Waals surface area contributed by atoms with Crippen LogP contribution in [0.5, 0.6) is 0 Å². The Kier molecular flexibility index (Phi) is 5.47. The first kappa shape index (κ1) is 17.3. The van der Waals surface area contributed by atoms with Crippen LogP contribution < -0.4 is 4.72 Å². The summed E-state index contributed by atoms with van der Waals surface area (Å²) >= 11 is 24.7. The topological polar surface area (TPSA) is 46.2 Å². The first-order chi connectivity index (χ1) is 9.70. The van der Waals surface area contributed by atoms with Gasteiger partial charge in [-0.2, -0.15) is 4.72 Å². The Labute approximate surface area is 146 Å². The number of sulfonamides is 1. The van der Waals surface area contributed by atoms with E-state index in [2.05, 4.69) is 4.72 Å². The minimum atomic E-state index is -3.84. The Morgan fingerprint density at radius 2 is 1.71 bits per heavy atom. The number of alkyl halides is 3. The number of halogens is 4. The highest BCUT2D eigenvalue weighted by atomic mass is 35.6. The molecule has 0 bridgehead atoms. The van der Waals surface area contributed by atoms with Crippen LogP contribution in [0.2, 0.25) is 5.02 Å². The van der Waals surface area contributed by atoms with Gasteiger partial charge in [0.2, 0.25) is 13.8 Å². The number of nitrogens with one attached hydrogen (secondary N) is 1. The SMILES string of the molecule is O=S(=O)(N[C@@H](c1cccs1)C(Cl)(Cl)Cl)c1ccc(Cl)cc1. The monoisotopic (exact) mass is 403 g/mol. The highest BCUT2D eigenvalue weighted by Crippen LogP contribution is 2.42. The highest BCUT2D eigenvalue weighted by Gasteiger charge is 2.38. The molecule has 1 aromatic carbocycles. The maximum atomic E-state index is 12.4. The summed E-state index contributed by atoms with van der Waals surface area (Å²) in [4.78, 5) is 0.648. The molecule has 9 heteroatoms. The van der Waals surface area contributed by atoms with Crippen molar-refractivity contribution in [2.75, 3.05) is 0 Å². The van der Waals surface area contributed by atoms with E-state index in [1.54, 1.807) is 17.5 Å². The van der Waals surface area contributed by atoms with Gasteiger partial charge < -0.3 is 0 Å². The summed E-state index contributed by atoms with van der Waals surface area (Å²) in [7, 11) is -3.84. The van der Waals surface area contributed by atoms with E-state index in [-0.39, 0.29) is 4.90 Å². The normalized spacial score (nSPS) is 14.1. The second kappa shape index (κ2) is 6.62. The summed E-state index contributed by atoms with van der Waals surface area (Å²) < 4.78 is 25.3. The van der Waals surface area contributed by atoms with Crippen LogP contribution in [0.4, 0.5) is 0 Å². The molecule has 1 N–H and O–H groups in total. The van der Waals surface area contributed by atoms with Gasteiger partial charge in [-0.05, 0) is 35.7 Å². The molecule has 114 valence electrons. The average molecular weight is 405 g/mol. The van der Waals surface area contributed by atoms with Crippen LogP contribution in [0.15, 0.2) is 46.7 Å². The fraction of sp³-hybridized carbons (Fsp3) is 0.167. The lowest BCUT2D eigenvalue weighted by Crippen LogP contribution is -2.36. The predicted molar refractivity (Wildman–Crippen MR) is 89.1 cm³/mol. The van der Waals surface area contributed by atoms with Crippen LogP contribution in [0, 0.1) is 0 Å². The lowest BCUT2D eigenvalue weighted by Gasteiger charge is -2.24. The summed E-state index contributed by atoms with van der Waals surface area (Å²) in [6.45, 7) is 0. The maximum absolute atomic E-state index is 12.4. The molecule has 0 radical (unpaired) electrons. The third kappa shape index (κ3) is 4.48. The molecule has 21 heavy (non-hydrogen) atoms. The fourth-order valence-electron chi connectivity index (χ4n) is 1.58. The van der Waals surface area contributed by atoms with Crippen molar-refractivity contribution in [3.63, 3.8) is 0 Å². The van der Waals surface area contributed by atoms with E-state index in [0.29, 0.717) is 9.90 Å². The highest BCUT2D eigenvalue weighted by molar-refractivity contribution is 7.89. The molecule has 0 unspecified atom stereocenters. The van der Waals surface area contributed by atoms with E-state index < -0.39 is 19.9 Å². The molecule has 1 atom stereocenters. The molecule has 2 rings (SSSR count). The molecule has 2 aromatic rings. The van der Waals surface area contributed by atoms with Gasteiger partial charge in [-0.3, -0.25) is 0 Å². The van der Waals surface area contributed by atoms with Gasteiger partial charge in [0.25, 0.3) is 0 Å². The lowest BCUT2D eigenvalue weighted by atomic mass is 10.3. The minimum Gasteiger partial charge on any atom is -0.207 e. The Morgan fingerprint density at radius 1 is 1.10 bits per heavy atom. The Morgan fingerprint density at radius 3 is 2.19 bits per heavy atom. The molecule has 0 amide bonds. The molecule has 0 fully saturated rings. The van der Waals surface area contributed by atoms with E-state index >= 15 is 0 Å². The Hall–Kier alpha value is -0.0100. The molecule has 0 aliphatic rings. The Balaban J connectivity index is 2.34. The van der Waals surface area contributed by atoms with E-state index in [4.69, 9.17) is 46.4 Å². The number of thiophene rings is 1. The van der Waals surface area contributed by atoms with Gasteiger partial charge in [0.1, 0.15) is 6.04 Å². The molecule has 3 nitrogen and oxygen atoms in total. The molecule has 0 spiro atoms. The Bertz CT molecular complexity index is 694. The molecule has 0 aliphatic carbocycles. The van der Waals surface area contributed by atoms with Crippen LogP contribution in [-0.4, -0.2) is 12.2 Å². The second-order valence-corrected chi connectivity index (χ2v) is 9.56. The molecule has 0 aliphatic heterocycles. The van der Waals surface area contributed by atoms with Crippen LogP contribution in [0.1, 0.15) is 10.9 Å². The fourth-order valence-corrected chi connectivity index (χ4v) is 4.77. The van der Waals surface area contributed by atoms with Crippen molar-refractivity contribution in [1.82, 2.24) is 4.72 Å². The molecule has 1 aromatic heterocycles. The van der Waals surface area contributed by atoms with Crippen molar-refractivity contribution in [3.05, 3.63) is 51.7 Å². The first-order valence-electron chi connectivity index (χ1n) is 5.58. The third-order valence-corrected chi connectivity index (χ3v) is 5.83. The van der Waals surface area contributed by atoms with Crippen molar-refractivity contribution < 1.29 is 8.42 Å². The van der Waals surface area contributed by atoms with Crippen LogP contribution in [-0.2, 0) is 10.0 Å². The van der Waals surface area contributed by atoms with E-state index in [9.17, 15) is 8.42 Å². The minimum absolute atomic E-state index is 0.0442. The first-order valence-corrected chi connectivity index (χ1v) is 9.45. The zero-order valence-electron chi connectivity index (χ0n) is 10.3. The van der Waals surface area contributed by atoms with Crippen LogP contribution in [0.25, 0.3) is 0 Å². The van der Waals surface area contributed by atoms with Crippen molar-refractivity contribution in [2.45, 2.75) is 14.7 Å². The van der Waals surface area contributed by atoms with Crippen molar-refractivity contribution in [3.8, 4) is 0 Å². The summed E-state index contributed by atoms with van der Waals surface area (Å²) in [5.74, 6) is 0. The zero-order valence-corrected chi connectivity index (χ0v) is 14.9. The smallest absolute Gasteiger partial charge is 0.207 e. The van der Waals surface area contributed by atoms with Crippen molar-refractivity contribution in [1.29, 1.82) is 0 Å². The number of hydrogen-bond donors (Lipinski definition) is 1. The quantitative estimate of drug-likeness (QED) is 0.744. The lowest BCUT2D eigenvalue weighted by molar-refractivity contribution is 0.560. The molecular formula is C12H9Cl4NO2S2. The van der Waals surface area contributed by atoms with Gasteiger partial charge in [0, 0.05) is 9.90 Å². The van der Waals surface area contributed by atoms with Crippen molar-refractivity contribution >= 4 is 67.8 Å². The van der Waals surface area contributed by atoms with Gasteiger partial charge in [-0.1, -0.05) is 52.5 Å². The van der Waals surface area contributed by atoms with Gasteiger partial charge in [-0.25, -0.2) is 8.42 Å². The summed E-state index contributed by atoms with van der Waals surface area (Å²) in [6.07, 6.45) is 0. The summed E-state index contributed by atoms with van der Waals surface area (Å²) in [5, 5.41) is 2.21. The molecule has 0 saturated heterocycles. The van der Waals surface area contributed by atoms with Gasteiger partial charge in [0.15, 0.2) is 0 Å². The molecular weight excluding hydrogens is 396 g/mol. The van der Waals surface area contributed by atoms with Gasteiger partial charge in [0.05, 0.1) is 4.90 Å². The summed E-state index contributed by atoms with van der Waals surface area (Å²) in [5.41, 5.74) is 0. The average Bonchev–Trinajstić information content (AvgIpc) is 2.88. The van der Waals surface area contributed by atoms with E-state index in [1.165, 1.54) is 35.6 Å². The third-order valence-electron chi connectivity index (χ3n) is 2.55. The van der Waals surface area contributed by atoms with E-state index in [1.807, 2.05) is 0 Å². The zero-order chi connectivity index (χ0) is 15.7. The molecule has 0 saturated carbocycles. The van der Waals surface area contributed by atoms with Crippen molar-refractivity contribution in [2.24, 2.45) is 0 Å². The summed E-state index contributed by atoms with van der Waals surface area (Å²) in [6, 6.07) is 8.19. The van der Waals surface area contributed by atoms with E-state index in [0.717, 1.165) is 0 Å². The molecule has 1 heterocycles. The van der Waals surface area contributed by atoms with Gasteiger partial charge in [-0.15, -0.1) is 11.3 Å². The van der Waals surface area contributed by atoms with Crippen LogP contribution >= 0.6 is 57.7 Å². The second-order valence-electron chi connectivity index (χ2n) is 4.07. The largest absolute Gasteiger partial charge is 0.241 e. The number of rotatable bonds is 4. The standard InChI is InChI=1S/C12H9Cl4NO2S2/c13-8-3-5-9(6-4-8)21(18,19)17-11(12(14,15)16)10-2-1-7-20-10/h1-7,11,17H/t11-/m0/s1. The predicted octanol–water partition coefficient (Wildman–Crippen LogP) is 4.79. The number of benzene rings is 1. The van der Waals surface area contributed by atoms with Crippen LogP contribution in [0.3, 0.4) is 0 Å². The van der Waals surface area contributed by atoms with Gasteiger partial charge >= 0.3 is 0 Å². The number of hydrogen-bond acceptors (Lipinski definition) is 3. The maximum Gasteiger partial charge on any atom is 0.241 e.